The van der Waals surface area contributed by atoms with E-state index in [0.717, 1.165) is 35.0 Å². The first kappa shape index (κ1) is 20.1. The third-order valence-electron chi connectivity index (χ3n) is 5.38. The van der Waals surface area contributed by atoms with Gasteiger partial charge in [-0.3, -0.25) is 14.6 Å². The normalized spacial score (nSPS) is 14.1. The van der Waals surface area contributed by atoms with E-state index in [4.69, 9.17) is 0 Å². The average Bonchev–Trinajstić information content (AvgIpc) is 3.30. The van der Waals surface area contributed by atoms with Gasteiger partial charge in [0, 0.05) is 23.8 Å². The standard InChI is InChI=1S/C21H24N4O2S2/c1-3-25(13(2)14-6-5-9-22-10-14)18(26)12-28-11-17-23-20(27)19-15-7-4-8-16(15)29-21(19)24-17/h5-6,9-10,13H,3-4,7-8,11-12H2,1-2H3,(H,23,24,27). The Morgan fingerprint density at radius 3 is 3.03 bits per heavy atom. The van der Waals surface area contributed by atoms with Crippen molar-refractivity contribution in [2.24, 2.45) is 0 Å². The lowest BCUT2D eigenvalue weighted by molar-refractivity contribution is -0.130. The molecule has 152 valence electrons. The smallest absolute Gasteiger partial charge is 0.259 e. The summed E-state index contributed by atoms with van der Waals surface area (Å²) in [4.78, 5) is 41.0. The van der Waals surface area contributed by atoms with Crippen molar-refractivity contribution in [3.05, 3.63) is 56.7 Å². The molecule has 6 nitrogen and oxygen atoms in total. The topological polar surface area (TPSA) is 79.0 Å². The van der Waals surface area contributed by atoms with Crippen LogP contribution in [0, 0.1) is 0 Å². The zero-order valence-electron chi connectivity index (χ0n) is 16.6. The summed E-state index contributed by atoms with van der Waals surface area (Å²) in [6.45, 7) is 4.64. The fourth-order valence-electron chi connectivity index (χ4n) is 3.90. The number of aryl methyl sites for hydroxylation is 2. The molecule has 3 heterocycles. The zero-order valence-corrected chi connectivity index (χ0v) is 18.2. The third kappa shape index (κ3) is 4.09. The lowest BCUT2D eigenvalue weighted by atomic mass is 10.1. The van der Waals surface area contributed by atoms with Crippen molar-refractivity contribution in [2.45, 2.75) is 44.9 Å². The lowest BCUT2D eigenvalue weighted by Crippen LogP contribution is -2.34. The second kappa shape index (κ2) is 8.67. The Hall–Kier alpha value is -2.19. The van der Waals surface area contributed by atoms with Gasteiger partial charge in [-0.1, -0.05) is 6.07 Å². The number of nitrogens with zero attached hydrogens (tertiary/aromatic N) is 3. The van der Waals surface area contributed by atoms with Crippen molar-refractivity contribution >= 4 is 39.2 Å². The van der Waals surface area contributed by atoms with E-state index < -0.39 is 0 Å². The van der Waals surface area contributed by atoms with Crippen LogP contribution < -0.4 is 5.56 Å². The predicted octanol–water partition coefficient (Wildman–Crippen LogP) is 3.71. The molecule has 1 atom stereocenters. The number of nitrogens with one attached hydrogen (secondary N) is 1. The summed E-state index contributed by atoms with van der Waals surface area (Å²) in [5, 5.41) is 0.773. The highest BCUT2D eigenvalue weighted by Gasteiger charge is 2.22. The van der Waals surface area contributed by atoms with Crippen molar-refractivity contribution in [1.82, 2.24) is 19.9 Å². The molecule has 1 aliphatic carbocycles. The molecule has 0 saturated heterocycles. The van der Waals surface area contributed by atoms with Gasteiger partial charge >= 0.3 is 0 Å². The Morgan fingerprint density at radius 2 is 2.28 bits per heavy atom. The maximum atomic E-state index is 12.7. The first-order valence-corrected chi connectivity index (χ1v) is 11.9. The molecule has 0 fully saturated rings. The lowest BCUT2D eigenvalue weighted by Gasteiger charge is -2.28. The van der Waals surface area contributed by atoms with Gasteiger partial charge in [0.05, 0.1) is 22.9 Å². The van der Waals surface area contributed by atoms with Crippen LogP contribution in [-0.2, 0) is 23.4 Å². The second-order valence-corrected chi connectivity index (χ2v) is 9.25. The molecule has 0 aliphatic heterocycles. The first-order valence-electron chi connectivity index (χ1n) is 9.89. The van der Waals surface area contributed by atoms with Crippen molar-refractivity contribution in [2.75, 3.05) is 12.3 Å². The van der Waals surface area contributed by atoms with E-state index in [9.17, 15) is 9.59 Å². The molecular weight excluding hydrogens is 404 g/mol. The fraction of sp³-hybridized carbons (Fsp3) is 0.429. The number of H-pyrrole nitrogens is 1. The highest BCUT2D eigenvalue weighted by Crippen LogP contribution is 2.34. The number of amides is 1. The van der Waals surface area contributed by atoms with E-state index in [0.29, 0.717) is 23.9 Å². The van der Waals surface area contributed by atoms with Crippen LogP contribution in [0.2, 0.25) is 0 Å². The van der Waals surface area contributed by atoms with E-state index in [1.165, 1.54) is 22.2 Å². The van der Waals surface area contributed by atoms with Crippen LogP contribution in [0.5, 0.6) is 0 Å². The fourth-order valence-corrected chi connectivity index (χ4v) is 5.96. The van der Waals surface area contributed by atoms with Gasteiger partial charge in [0.2, 0.25) is 5.91 Å². The first-order chi connectivity index (χ1) is 14.1. The summed E-state index contributed by atoms with van der Waals surface area (Å²) in [6, 6.07) is 3.85. The number of aromatic nitrogens is 3. The molecule has 4 rings (SSSR count). The number of pyridine rings is 1. The van der Waals surface area contributed by atoms with E-state index >= 15 is 0 Å². The molecule has 1 aliphatic rings. The molecule has 0 saturated carbocycles. The highest BCUT2D eigenvalue weighted by molar-refractivity contribution is 7.99. The van der Waals surface area contributed by atoms with Crippen LogP contribution >= 0.6 is 23.1 Å². The molecule has 0 bridgehead atoms. The van der Waals surface area contributed by atoms with Gasteiger partial charge < -0.3 is 9.88 Å². The average molecular weight is 429 g/mol. The molecule has 0 spiro atoms. The van der Waals surface area contributed by atoms with Gasteiger partial charge in [0.15, 0.2) is 0 Å². The highest BCUT2D eigenvalue weighted by atomic mass is 32.2. The van der Waals surface area contributed by atoms with Crippen molar-refractivity contribution < 1.29 is 4.79 Å². The molecule has 1 N–H and O–H groups in total. The van der Waals surface area contributed by atoms with Gasteiger partial charge in [-0.2, -0.15) is 0 Å². The molecular formula is C21H24N4O2S2. The monoisotopic (exact) mass is 428 g/mol. The predicted molar refractivity (Wildman–Crippen MR) is 118 cm³/mol. The van der Waals surface area contributed by atoms with Gasteiger partial charge in [-0.25, -0.2) is 4.98 Å². The summed E-state index contributed by atoms with van der Waals surface area (Å²) >= 11 is 3.13. The van der Waals surface area contributed by atoms with Gasteiger partial charge in [-0.05, 0) is 50.3 Å². The van der Waals surface area contributed by atoms with Crippen molar-refractivity contribution in [3.63, 3.8) is 0 Å². The molecule has 8 heteroatoms. The Labute approximate surface area is 177 Å². The van der Waals surface area contributed by atoms with E-state index in [-0.39, 0.29) is 17.5 Å². The molecule has 0 aromatic carbocycles. The van der Waals surface area contributed by atoms with Crippen LogP contribution in [0.25, 0.3) is 10.2 Å². The Morgan fingerprint density at radius 1 is 1.41 bits per heavy atom. The van der Waals surface area contributed by atoms with Gasteiger partial charge in [0.25, 0.3) is 5.56 Å². The Bertz CT molecular complexity index is 1080. The largest absolute Gasteiger partial charge is 0.335 e. The molecule has 1 amide bonds. The van der Waals surface area contributed by atoms with Crippen LogP contribution in [0.1, 0.15) is 48.1 Å². The summed E-state index contributed by atoms with van der Waals surface area (Å²) in [7, 11) is 0. The number of thiophene rings is 1. The van der Waals surface area contributed by atoms with E-state index in [1.54, 1.807) is 23.7 Å². The number of carbonyl (C=O) groups is 1. The van der Waals surface area contributed by atoms with Gasteiger partial charge in [0.1, 0.15) is 10.7 Å². The van der Waals surface area contributed by atoms with Crippen LogP contribution in [0.15, 0.2) is 29.3 Å². The minimum absolute atomic E-state index is 0.0235. The molecule has 3 aromatic heterocycles. The summed E-state index contributed by atoms with van der Waals surface area (Å²) < 4.78 is 0. The zero-order chi connectivity index (χ0) is 20.4. The maximum Gasteiger partial charge on any atom is 0.259 e. The molecule has 0 radical (unpaired) electrons. The number of hydrogen-bond acceptors (Lipinski definition) is 6. The maximum absolute atomic E-state index is 12.7. The van der Waals surface area contributed by atoms with Gasteiger partial charge in [-0.15, -0.1) is 23.1 Å². The molecule has 29 heavy (non-hydrogen) atoms. The number of rotatable bonds is 7. The molecule has 1 unspecified atom stereocenters. The number of hydrogen-bond donors (Lipinski definition) is 1. The SMILES string of the molecule is CCN(C(=O)CSCc1nc2sc3c(c2c(=O)[nH]1)CCC3)C(C)c1cccnc1. The number of thioether (sulfide) groups is 1. The Kier molecular flexibility index (Phi) is 6.01. The molecule has 3 aromatic rings. The quantitative estimate of drug-likeness (QED) is 0.621. The van der Waals surface area contributed by atoms with Crippen molar-refractivity contribution in [1.29, 1.82) is 0 Å². The van der Waals surface area contributed by atoms with E-state index in [1.807, 2.05) is 30.9 Å². The number of carbonyl (C=O) groups excluding carboxylic acids is 1. The summed E-state index contributed by atoms with van der Waals surface area (Å²) in [5.41, 5.74) is 2.17. The number of aromatic amines is 1. The van der Waals surface area contributed by atoms with Crippen LogP contribution in [0.4, 0.5) is 0 Å². The Balaban J connectivity index is 1.40. The minimum atomic E-state index is -0.0447. The second-order valence-electron chi connectivity index (χ2n) is 7.19. The summed E-state index contributed by atoms with van der Waals surface area (Å²) in [6.07, 6.45) is 6.69. The number of fused-ring (bicyclic) bond motifs is 3. The van der Waals surface area contributed by atoms with Crippen LogP contribution in [-0.4, -0.2) is 38.1 Å². The third-order valence-corrected chi connectivity index (χ3v) is 7.50. The summed E-state index contributed by atoms with van der Waals surface area (Å²) in [5.74, 6) is 1.58. The van der Waals surface area contributed by atoms with Crippen LogP contribution in [0.3, 0.4) is 0 Å². The van der Waals surface area contributed by atoms with E-state index in [2.05, 4.69) is 15.0 Å². The minimum Gasteiger partial charge on any atom is -0.335 e. The van der Waals surface area contributed by atoms with Crippen molar-refractivity contribution in [3.8, 4) is 0 Å².